The van der Waals surface area contributed by atoms with E-state index in [0.717, 1.165) is 23.7 Å². The zero-order valence-corrected chi connectivity index (χ0v) is 17.8. The van der Waals surface area contributed by atoms with E-state index in [1.165, 1.54) is 0 Å². The molecule has 3 rings (SSSR count). The summed E-state index contributed by atoms with van der Waals surface area (Å²) in [5, 5.41) is 3.43. The molecular formula is C20H29N3O4S. The Morgan fingerprint density at radius 2 is 1.93 bits per heavy atom. The predicted octanol–water partition coefficient (Wildman–Crippen LogP) is 3.02. The molecule has 2 aliphatic heterocycles. The number of nitrogens with one attached hydrogen (secondary N) is 1. The zero-order chi connectivity index (χ0) is 20.3. The first-order chi connectivity index (χ1) is 13.3. The van der Waals surface area contributed by atoms with Gasteiger partial charge in [0, 0.05) is 30.6 Å². The van der Waals surface area contributed by atoms with Crippen LogP contribution in [0.5, 0.6) is 5.75 Å². The van der Waals surface area contributed by atoms with Crippen molar-refractivity contribution in [3.8, 4) is 5.75 Å². The van der Waals surface area contributed by atoms with Gasteiger partial charge in [0.25, 0.3) is 0 Å². The largest absolute Gasteiger partial charge is 0.497 e. The molecule has 0 unspecified atom stereocenters. The number of methoxy groups -OCH3 is 1. The molecule has 28 heavy (non-hydrogen) atoms. The SMILES string of the molecule is COc1ccc(N[C@H]2C[C@@H](C(=O)N3CCSC3)N(C(=O)OC(C)(C)C)C2)cc1. The predicted molar refractivity (Wildman–Crippen MR) is 111 cm³/mol. The second kappa shape index (κ2) is 8.51. The summed E-state index contributed by atoms with van der Waals surface area (Å²) in [5.74, 6) is 2.42. The Morgan fingerprint density at radius 3 is 2.50 bits per heavy atom. The average Bonchev–Trinajstić information content (AvgIpc) is 3.30. The van der Waals surface area contributed by atoms with Gasteiger partial charge in [-0.3, -0.25) is 9.69 Å². The number of hydrogen-bond acceptors (Lipinski definition) is 6. The molecule has 7 nitrogen and oxygen atoms in total. The van der Waals surface area contributed by atoms with Crippen molar-refractivity contribution in [3.63, 3.8) is 0 Å². The number of nitrogens with zero attached hydrogens (tertiary/aromatic N) is 2. The van der Waals surface area contributed by atoms with Crippen molar-refractivity contribution in [2.75, 3.05) is 37.1 Å². The lowest BCUT2D eigenvalue weighted by Gasteiger charge is -2.29. The summed E-state index contributed by atoms with van der Waals surface area (Å²) < 4.78 is 10.8. The van der Waals surface area contributed by atoms with Crippen molar-refractivity contribution < 1.29 is 19.1 Å². The maximum absolute atomic E-state index is 13.0. The van der Waals surface area contributed by atoms with Gasteiger partial charge in [0.05, 0.1) is 13.0 Å². The molecule has 0 aromatic heterocycles. The van der Waals surface area contributed by atoms with Gasteiger partial charge in [0.1, 0.15) is 17.4 Å². The van der Waals surface area contributed by atoms with Crippen LogP contribution >= 0.6 is 11.8 Å². The van der Waals surface area contributed by atoms with Crippen LogP contribution in [0.3, 0.4) is 0 Å². The summed E-state index contributed by atoms with van der Waals surface area (Å²) in [7, 11) is 1.63. The molecule has 2 saturated heterocycles. The van der Waals surface area contributed by atoms with E-state index in [0.29, 0.717) is 18.8 Å². The highest BCUT2D eigenvalue weighted by molar-refractivity contribution is 7.99. The molecule has 2 fully saturated rings. The maximum Gasteiger partial charge on any atom is 0.411 e. The summed E-state index contributed by atoms with van der Waals surface area (Å²) in [6, 6.07) is 7.11. The lowest BCUT2D eigenvalue weighted by atomic mass is 10.1. The maximum atomic E-state index is 13.0. The average molecular weight is 408 g/mol. The minimum absolute atomic E-state index is 0.00916. The lowest BCUT2D eigenvalue weighted by Crippen LogP contribution is -2.48. The molecule has 1 aromatic carbocycles. The fourth-order valence-electron chi connectivity index (χ4n) is 3.42. The Morgan fingerprint density at radius 1 is 1.21 bits per heavy atom. The van der Waals surface area contributed by atoms with E-state index in [1.807, 2.05) is 49.9 Å². The van der Waals surface area contributed by atoms with Crippen LogP contribution in [-0.4, -0.2) is 71.3 Å². The first kappa shape index (κ1) is 20.6. The van der Waals surface area contributed by atoms with E-state index in [4.69, 9.17) is 9.47 Å². The van der Waals surface area contributed by atoms with Crippen molar-refractivity contribution in [1.29, 1.82) is 0 Å². The number of hydrogen-bond donors (Lipinski definition) is 1. The Kier molecular flexibility index (Phi) is 6.27. The Balaban J connectivity index is 1.72. The third-order valence-electron chi connectivity index (χ3n) is 4.74. The van der Waals surface area contributed by atoms with E-state index >= 15 is 0 Å². The van der Waals surface area contributed by atoms with Gasteiger partial charge < -0.3 is 19.7 Å². The molecule has 2 atom stereocenters. The second-order valence-electron chi connectivity index (χ2n) is 8.09. The minimum Gasteiger partial charge on any atom is -0.497 e. The number of benzene rings is 1. The number of amides is 2. The number of thioether (sulfide) groups is 1. The molecule has 0 bridgehead atoms. The van der Waals surface area contributed by atoms with Crippen molar-refractivity contribution in [2.45, 2.75) is 44.9 Å². The fraction of sp³-hybridized carbons (Fsp3) is 0.600. The highest BCUT2D eigenvalue weighted by atomic mass is 32.2. The topological polar surface area (TPSA) is 71.1 Å². The van der Waals surface area contributed by atoms with Gasteiger partial charge in [-0.15, -0.1) is 11.8 Å². The van der Waals surface area contributed by atoms with E-state index in [-0.39, 0.29) is 11.9 Å². The monoisotopic (exact) mass is 407 g/mol. The molecule has 0 aliphatic carbocycles. The van der Waals surface area contributed by atoms with Crippen molar-refractivity contribution in [1.82, 2.24) is 9.80 Å². The van der Waals surface area contributed by atoms with E-state index in [9.17, 15) is 9.59 Å². The van der Waals surface area contributed by atoms with Crippen LogP contribution in [0.2, 0.25) is 0 Å². The normalized spacial score (nSPS) is 22.3. The van der Waals surface area contributed by atoms with Gasteiger partial charge in [-0.1, -0.05) is 0 Å². The summed E-state index contributed by atoms with van der Waals surface area (Å²) in [5.41, 5.74) is 0.329. The second-order valence-corrected chi connectivity index (χ2v) is 9.17. The van der Waals surface area contributed by atoms with Crippen LogP contribution in [0.4, 0.5) is 10.5 Å². The number of ether oxygens (including phenoxy) is 2. The molecule has 0 spiro atoms. The summed E-state index contributed by atoms with van der Waals surface area (Å²) >= 11 is 1.74. The third-order valence-corrected chi connectivity index (χ3v) is 5.70. The van der Waals surface area contributed by atoms with E-state index in [2.05, 4.69) is 5.32 Å². The Hall–Kier alpha value is -2.09. The molecule has 2 aliphatic rings. The molecule has 8 heteroatoms. The third kappa shape index (κ3) is 5.04. The van der Waals surface area contributed by atoms with Crippen LogP contribution in [0.15, 0.2) is 24.3 Å². The molecule has 1 aromatic rings. The van der Waals surface area contributed by atoms with Crippen molar-refractivity contribution in [2.24, 2.45) is 0 Å². The van der Waals surface area contributed by atoms with Crippen LogP contribution in [0.25, 0.3) is 0 Å². The summed E-state index contributed by atoms with van der Waals surface area (Å²) in [6.07, 6.45) is 0.127. The number of carbonyl (C=O) groups excluding carboxylic acids is 2. The van der Waals surface area contributed by atoms with Gasteiger partial charge in [-0.2, -0.15) is 0 Å². The van der Waals surface area contributed by atoms with Gasteiger partial charge in [0.15, 0.2) is 0 Å². The Labute approximate surface area is 170 Å². The molecule has 0 saturated carbocycles. The lowest BCUT2D eigenvalue weighted by molar-refractivity contribution is -0.134. The van der Waals surface area contributed by atoms with Crippen LogP contribution in [0, 0.1) is 0 Å². The van der Waals surface area contributed by atoms with Crippen molar-refractivity contribution in [3.05, 3.63) is 24.3 Å². The van der Waals surface area contributed by atoms with Crippen LogP contribution < -0.4 is 10.1 Å². The molecular weight excluding hydrogens is 378 g/mol. The number of carbonyl (C=O) groups is 2. The first-order valence-corrected chi connectivity index (χ1v) is 10.7. The molecule has 2 heterocycles. The molecule has 1 N–H and O–H groups in total. The highest BCUT2D eigenvalue weighted by Gasteiger charge is 2.43. The van der Waals surface area contributed by atoms with E-state index < -0.39 is 17.7 Å². The zero-order valence-electron chi connectivity index (χ0n) is 16.9. The first-order valence-electron chi connectivity index (χ1n) is 9.53. The van der Waals surface area contributed by atoms with Crippen LogP contribution in [0.1, 0.15) is 27.2 Å². The van der Waals surface area contributed by atoms with Gasteiger partial charge in [-0.05, 0) is 51.5 Å². The highest BCUT2D eigenvalue weighted by Crippen LogP contribution is 2.27. The minimum atomic E-state index is -0.602. The number of likely N-dealkylation sites (tertiary alicyclic amines) is 1. The van der Waals surface area contributed by atoms with Gasteiger partial charge in [-0.25, -0.2) is 4.79 Å². The quantitative estimate of drug-likeness (QED) is 0.827. The number of rotatable bonds is 4. The standard InChI is InChI=1S/C20H29N3O4S/c1-20(2,3)27-19(25)23-12-15(21-14-5-7-16(26-4)8-6-14)11-17(23)18(24)22-9-10-28-13-22/h5-8,15,17,21H,9-13H2,1-4H3/t15-,17-/m0/s1. The molecule has 0 radical (unpaired) electrons. The summed E-state index contributed by atoms with van der Waals surface area (Å²) in [6.45, 7) is 6.67. The molecule has 2 amide bonds. The van der Waals surface area contributed by atoms with Crippen molar-refractivity contribution >= 4 is 29.4 Å². The van der Waals surface area contributed by atoms with E-state index in [1.54, 1.807) is 23.8 Å². The summed E-state index contributed by atoms with van der Waals surface area (Å²) in [4.78, 5) is 29.2. The number of anilines is 1. The smallest absolute Gasteiger partial charge is 0.411 e. The van der Waals surface area contributed by atoms with Gasteiger partial charge in [0.2, 0.25) is 5.91 Å². The van der Waals surface area contributed by atoms with Gasteiger partial charge >= 0.3 is 6.09 Å². The fourth-order valence-corrected chi connectivity index (χ4v) is 4.37. The van der Waals surface area contributed by atoms with Crippen LogP contribution in [-0.2, 0) is 9.53 Å². The molecule has 154 valence electrons. The Bertz CT molecular complexity index is 698.